The van der Waals surface area contributed by atoms with Crippen LogP contribution in [0.2, 0.25) is 0 Å². The predicted octanol–water partition coefficient (Wildman–Crippen LogP) is 4.04. The van der Waals surface area contributed by atoms with Crippen molar-refractivity contribution >= 4 is 11.7 Å². The fourth-order valence-corrected chi connectivity index (χ4v) is 3.24. The maximum atomic E-state index is 12.7. The lowest BCUT2D eigenvalue weighted by Crippen LogP contribution is -2.40. The highest BCUT2D eigenvalue weighted by atomic mass is 16.2. The van der Waals surface area contributed by atoms with E-state index in [0.717, 1.165) is 29.5 Å². The zero-order valence-electron chi connectivity index (χ0n) is 14.3. The molecular formula is C21H23NO2. The van der Waals surface area contributed by atoms with Gasteiger partial charge in [0, 0.05) is 30.1 Å². The van der Waals surface area contributed by atoms with Gasteiger partial charge in [-0.3, -0.25) is 9.59 Å². The van der Waals surface area contributed by atoms with E-state index in [1.165, 1.54) is 5.56 Å². The van der Waals surface area contributed by atoms with Crippen molar-refractivity contribution in [3.63, 3.8) is 0 Å². The van der Waals surface area contributed by atoms with E-state index in [0.29, 0.717) is 13.1 Å². The van der Waals surface area contributed by atoms with Crippen molar-refractivity contribution in [2.45, 2.75) is 26.7 Å². The number of ketones is 1. The Kier molecular flexibility index (Phi) is 4.79. The molecule has 0 bridgehead atoms. The van der Waals surface area contributed by atoms with Crippen LogP contribution in [0.3, 0.4) is 0 Å². The maximum absolute atomic E-state index is 12.7. The number of nitrogens with zero attached hydrogens (tertiary/aromatic N) is 1. The molecule has 0 N–H and O–H groups in total. The van der Waals surface area contributed by atoms with Crippen molar-refractivity contribution in [3.05, 3.63) is 70.8 Å². The number of carbonyl (C=O) groups is 2. The predicted molar refractivity (Wildman–Crippen MR) is 95.3 cm³/mol. The van der Waals surface area contributed by atoms with Crippen molar-refractivity contribution in [1.82, 2.24) is 4.90 Å². The minimum atomic E-state index is 0.0243. The number of aryl methyl sites for hydroxylation is 2. The van der Waals surface area contributed by atoms with Crippen LogP contribution >= 0.6 is 0 Å². The monoisotopic (exact) mass is 321 g/mol. The average Bonchev–Trinajstić information content (AvgIpc) is 2.63. The van der Waals surface area contributed by atoms with Crippen molar-refractivity contribution < 1.29 is 9.59 Å². The number of Topliss-reactive ketones (excluding diaryl/α,β-unsaturated/α-hetero) is 1. The molecule has 1 heterocycles. The van der Waals surface area contributed by atoms with Crippen molar-refractivity contribution in [3.8, 4) is 0 Å². The molecule has 3 rings (SSSR count). The van der Waals surface area contributed by atoms with Gasteiger partial charge in [0.1, 0.15) is 0 Å². The molecule has 2 aromatic carbocycles. The first kappa shape index (κ1) is 16.4. The number of piperidine rings is 1. The first-order valence-electron chi connectivity index (χ1n) is 8.52. The van der Waals surface area contributed by atoms with Crippen LogP contribution in [-0.4, -0.2) is 29.7 Å². The molecular weight excluding hydrogens is 298 g/mol. The third kappa shape index (κ3) is 3.40. The minimum Gasteiger partial charge on any atom is -0.339 e. The molecule has 24 heavy (non-hydrogen) atoms. The lowest BCUT2D eigenvalue weighted by atomic mass is 9.88. The van der Waals surface area contributed by atoms with Gasteiger partial charge in [0.15, 0.2) is 5.78 Å². The van der Waals surface area contributed by atoms with Gasteiger partial charge < -0.3 is 4.90 Å². The highest BCUT2D eigenvalue weighted by Crippen LogP contribution is 2.23. The number of amides is 1. The van der Waals surface area contributed by atoms with E-state index in [2.05, 4.69) is 0 Å². The Hall–Kier alpha value is -2.42. The normalized spacial score (nSPS) is 15.3. The van der Waals surface area contributed by atoms with Gasteiger partial charge in [0.2, 0.25) is 0 Å². The Bertz CT molecular complexity index is 744. The van der Waals surface area contributed by atoms with E-state index in [4.69, 9.17) is 0 Å². The molecule has 0 spiro atoms. The second kappa shape index (κ2) is 7.00. The molecule has 1 saturated heterocycles. The van der Waals surface area contributed by atoms with Crippen LogP contribution in [0, 0.1) is 19.8 Å². The second-order valence-corrected chi connectivity index (χ2v) is 6.60. The van der Waals surface area contributed by atoms with Crippen LogP contribution in [0.25, 0.3) is 0 Å². The Morgan fingerprint density at radius 1 is 0.875 bits per heavy atom. The molecule has 3 nitrogen and oxygen atoms in total. The van der Waals surface area contributed by atoms with Crippen LogP contribution in [0.5, 0.6) is 0 Å². The summed E-state index contributed by atoms with van der Waals surface area (Å²) in [6, 6.07) is 15.3. The Labute approximate surface area is 143 Å². The summed E-state index contributed by atoms with van der Waals surface area (Å²) in [5.74, 6) is 0.300. The third-order valence-corrected chi connectivity index (χ3v) is 4.97. The highest BCUT2D eigenvalue weighted by molar-refractivity contribution is 5.98. The second-order valence-electron chi connectivity index (χ2n) is 6.60. The van der Waals surface area contributed by atoms with E-state index in [1.807, 2.05) is 67.3 Å². The lowest BCUT2D eigenvalue weighted by molar-refractivity contribution is 0.0650. The lowest BCUT2D eigenvalue weighted by Gasteiger charge is -2.31. The van der Waals surface area contributed by atoms with Gasteiger partial charge in [-0.2, -0.15) is 0 Å². The van der Waals surface area contributed by atoms with Gasteiger partial charge in [-0.05, 0) is 49.9 Å². The summed E-state index contributed by atoms with van der Waals surface area (Å²) in [5.41, 5.74) is 3.84. The standard InChI is InChI=1S/C21H23NO2/c1-15-8-9-19(14-16(15)2)21(24)22-12-10-18(11-13-22)20(23)17-6-4-3-5-7-17/h3-9,14,18H,10-13H2,1-2H3. The Morgan fingerprint density at radius 3 is 2.17 bits per heavy atom. The minimum absolute atomic E-state index is 0.0243. The van der Waals surface area contributed by atoms with Gasteiger partial charge in [0.25, 0.3) is 5.91 Å². The summed E-state index contributed by atoms with van der Waals surface area (Å²) in [6.45, 7) is 5.37. The van der Waals surface area contributed by atoms with Gasteiger partial charge in [0.05, 0.1) is 0 Å². The molecule has 3 heteroatoms. The molecule has 0 aliphatic carbocycles. The number of hydrogen-bond donors (Lipinski definition) is 0. The van der Waals surface area contributed by atoms with E-state index in [1.54, 1.807) is 0 Å². The summed E-state index contributed by atoms with van der Waals surface area (Å²) in [6.07, 6.45) is 1.48. The topological polar surface area (TPSA) is 37.4 Å². The summed E-state index contributed by atoms with van der Waals surface area (Å²) in [5, 5.41) is 0. The van der Waals surface area contributed by atoms with Crippen LogP contribution in [0.1, 0.15) is 44.7 Å². The summed E-state index contributed by atoms with van der Waals surface area (Å²) in [7, 11) is 0. The van der Waals surface area contributed by atoms with Gasteiger partial charge >= 0.3 is 0 Å². The van der Waals surface area contributed by atoms with Crippen LogP contribution < -0.4 is 0 Å². The smallest absolute Gasteiger partial charge is 0.253 e. The molecule has 0 saturated carbocycles. The molecule has 1 amide bonds. The molecule has 1 aliphatic heterocycles. The number of rotatable bonds is 3. The average molecular weight is 321 g/mol. The van der Waals surface area contributed by atoms with Crippen molar-refractivity contribution in [1.29, 1.82) is 0 Å². The summed E-state index contributed by atoms with van der Waals surface area (Å²) < 4.78 is 0. The molecule has 1 fully saturated rings. The van der Waals surface area contributed by atoms with E-state index < -0.39 is 0 Å². The van der Waals surface area contributed by atoms with Crippen LogP contribution in [0.4, 0.5) is 0 Å². The fraction of sp³-hybridized carbons (Fsp3) is 0.333. The largest absolute Gasteiger partial charge is 0.339 e. The Morgan fingerprint density at radius 2 is 1.54 bits per heavy atom. The summed E-state index contributed by atoms with van der Waals surface area (Å²) >= 11 is 0. The van der Waals surface area contributed by atoms with Crippen molar-refractivity contribution in [2.24, 2.45) is 5.92 Å². The molecule has 0 unspecified atom stereocenters. The zero-order chi connectivity index (χ0) is 17.1. The molecule has 1 aliphatic rings. The van der Waals surface area contributed by atoms with Crippen LogP contribution in [-0.2, 0) is 0 Å². The van der Waals surface area contributed by atoms with Gasteiger partial charge in [-0.25, -0.2) is 0 Å². The summed E-state index contributed by atoms with van der Waals surface area (Å²) in [4.78, 5) is 27.0. The third-order valence-electron chi connectivity index (χ3n) is 4.97. The van der Waals surface area contributed by atoms with E-state index in [-0.39, 0.29) is 17.6 Å². The molecule has 2 aromatic rings. The maximum Gasteiger partial charge on any atom is 0.253 e. The first-order valence-corrected chi connectivity index (χ1v) is 8.52. The van der Waals surface area contributed by atoms with Gasteiger partial charge in [-0.1, -0.05) is 36.4 Å². The quantitative estimate of drug-likeness (QED) is 0.800. The van der Waals surface area contributed by atoms with E-state index in [9.17, 15) is 9.59 Å². The van der Waals surface area contributed by atoms with Gasteiger partial charge in [-0.15, -0.1) is 0 Å². The fourth-order valence-electron chi connectivity index (χ4n) is 3.24. The van der Waals surface area contributed by atoms with Crippen molar-refractivity contribution in [2.75, 3.05) is 13.1 Å². The SMILES string of the molecule is Cc1ccc(C(=O)N2CCC(C(=O)c3ccccc3)CC2)cc1C. The molecule has 0 atom stereocenters. The van der Waals surface area contributed by atoms with E-state index >= 15 is 0 Å². The number of benzene rings is 2. The zero-order valence-corrected chi connectivity index (χ0v) is 14.3. The van der Waals surface area contributed by atoms with Crippen LogP contribution in [0.15, 0.2) is 48.5 Å². The first-order chi connectivity index (χ1) is 11.6. The Balaban J connectivity index is 1.63. The number of carbonyl (C=O) groups excluding carboxylic acids is 2. The number of likely N-dealkylation sites (tertiary alicyclic amines) is 1. The molecule has 124 valence electrons. The molecule has 0 radical (unpaired) electrons. The number of hydrogen-bond acceptors (Lipinski definition) is 2. The highest BCUT2D eigenvalue weighted by Gasteiger charge is 2.28. The molecule has 0 aromatic heterocycles.